The Labute approximate surface area is 182 Å². The first-order valence-corrected chi connectivity index (χ1v) is 10.6. The molecule has 7 nitrogen and oxygen atoms in total. The van der Waals surface area contributed by atoms with Crippen LogP contribution in [-0.4, -0.2) is 39.2 Å². The molecule has 0 spiro atoms. The Balaban J connectivity index is 1.43. The van der Waals surface area contributed by atoms with Crippen LogP contribution < -0.4 is 10.2 Å². The summed E-state index contributed by atoms with van der Waals surface area (Å²) in [5, 5.41) is 7.66. The molecule has 0 aliphatic carbocycles. The van der Waals surface area contributed by atoms with Gasteiger partial charge in [0.25, 0.3) is 5.91 Å². The number of hydrogen-bond donors (Lipinski definition) is 1. The van der Waals surface area contributed by atoms with E-state index in [0.29, 0.717) is 18.3 Å². The summed E-state index contributed by atoms with van der Waals surface area (Å²) >= 11 is 3.59. The molecule has 1 atom stereocenters. The number of carbonyl (C=O) groups excluding carboxylic acids is 2. The van der Waals surface area contributed by atoms with Gasteiger partial charge in [-0.05, 0) is 26.0 Å². The van der Waals surface area contributed by atoms with Crippen LogP contribution in [0.25, 0.3) is 11.4 Å². The second kappa shape index (κ2) is 6.77. The number of anilines is 2. The predicted octanol–water partition coefficient (Wildman–Crippen LogP) is 3.86. The lowest BCUT2D eigenvalue weighted by Gasteiger charge is -2.28. The van der Waals surface area contributed by atoms with E-state index in [1.54, 1.807) is 4.90 Å². The van der Waals surface area contributed by atoms with Gasteiger partial charge in [-0.1, -0.05) is 52.3 Å². The summed E-state index contributed by atoms with van der Waals surface area (Å²) in [7, 11) is 0. The average Bonchev–Trinajstić information content (AvgIpc) is 3.23. The number of nitrogens with one attached hydrogen (secondary N) is 1. The normalized spacial score (nSPS) is 19.4. The van der Waals surface area contributed by atoms with Crippen LogP contribution in [0.5, 0.6) is 0 Å². The van der Waals surface area contributed by atoms with E-state index in [1.807, 2.05) is 62.4 Å². The van der Waals surface area contributed by atoms with Crippen LogP contribution in [0.1, 0.15) is 30.6 Å². The van der Waals surface area contributed by atoms with E-state index in [0.717, 1.165) is 21.3 Å². The van der Waals surface area contributed by atoms with E-state index in [1.165, 1.54) is 4.68 Å². The van der Waals surface area contributed by atoms with E-state index in [2.05, 4.69) is 31.3 Å². The molecule has 30 heavy (non-hydrogen) atoms. The van der Waals surface area contributed by atoms with E-state index < -0.39 is 5.41 Å². The Morgan fingerprint density at radius 3 is 2.67 bits per heavy atom. The molecular formula is C22H20BrN5O2. The fourth-order valence-corrected chi connectivity index (χ4v) is 5.09. The molecule has 2 aliphatic rings. The molecule has 0 fully saturated rings. The smallest absolute Gasteiger partial charge is 0.252 e. The highest BCUT2D eigenvalue weighted by Gasteiger charge is 2.46. The van der Waals surface area contributed by atoms with Gasteiger partial charge < -0.3 is 10.2 Å². The van der Waals surface area contributed by atoms with Crippen molar-refractivity contribution in [1.82, 2.24) is 14.8 Å². The van der Waals surface area contributed by atoms with Crippen molar-refractivity contribution in [2.45, 2.75) is 31.7 Å². The lowest BCUT2D eigenvalue weighted by molar-refractivity contribution is -0.122. The fraction of sp³-hybridized carbons (Fsp3) is 0.273. The lowest BCUT2D eigenvalue weighted by atomic mass is 9.86. The van der Waals surface area contributed by atoms with E-state index >= 15 is 0 Å². The lowest BCUT2D eigenvalue weighted by Crippen LogP contribution is -2.46. The molecule has 5 rings (SSSR count). The monoisotopic (exact) mass is 465 g/mol. The van der Waals surface area contributed by atoms with Crippen molar-refractivity contribution in [2.75, 3.05) is 16.8 Å². The zero-order valence-electron chi connectivity index (χ0n) is 16.6. The number of aromatic nitrogens is 3. The molecule has 1 amide bonds. The van der Waals surface area contributed by atoms with Crippen molar-refractivity contribution < 1.29 is 9.59 Å². The van der Waals surface area contributed by atoms with E-state index in [-0.39, 0.29) is 24.3 Å². The summed E-state index contributed by atoms with van der Waals surface area (Å²) in [5.74, 6) is 0.801. The number of rotatable bonds is 3. The molecule has 2 aromatic carbocycles. The SMILES string of the molecule is CC1(C)C(=O)N(CC2CC(=O)n3nc(-c4ccccc4)nc3N2)c2cccc(Br)c21. The first-order valence-electron chi connectivity index (χ1n) is 9.79. The van der Waals surface area contributed by atoms with Crippen molar-refractivity contribution >= 4 is 39.4 Å². The van der Waals surface area contributed by atoms with E-state index in [4.69, 9.17) is 0 Å². The van der Waals surface area contributed by atoms with Gasteiger partial charge in [-0.25, -0.2) is 0 Å². The number of nitrogens with zero attached hydrogens (tertiary/aromatic N) is 4. The highest BCUT2D eigenvalue weighted by atomic mass is 79.9. The molecule has 3 heterocycles. The van der Waals surface area contributed by atoms with Crippen molar-refractivity contribution in [3.8, 4) is 11.4 Å². The van der Waals surface area contributed by atoms with Gasteiger partial charge >= 0.3 is 0 Å². The van der Waals surface area contributed by atoms with Crippen molar-refractivity contribution in [3.63, 3.8) is 0 Å². The summed E-state index contributed by atoms with van der Waals surface area (Å²) in [6.07, 6.45) is 0.234. The molecule has 3 aromatic rings. The second-order valence-corrected chi connectivity index (χ2v) is 9.01. The maximum absolute atomic E-state index is 13.2. The van der Waals surface area contributed by atoms with Gasteiger partial charge in [0.15, 0.2) is 5.82 Å². The van der Waals surface area contributed by atoms with Gasteiger partial charge in [0.2, 0.25) is 11.9 Å². The van der Waals surface area contributed by atoms with Gasteiger partial charge in [-0.3, -0.25) is 9.59 Å². The molecule has 1 unspecified atom stereocenters. The molecule has 0 saturated carbocycles. The van der Waals surface area contributed by atoms with Crippen molar-refractivity contribution in [2.24, 2.45) is 0 Å². The first kappa shape index (κ1) is 19.0. The molecule has 8 heteroatoms. The Hall–Kier alpha value is -3.00. The van der Waals surface area contributed by atoms with Crippen LogP contribution in [-0.2, 0) is 10.2 Å². The maximum Gasteiger partial charge on any atom is 0.252 e. The zero-order valence-corrected chi connectivity index (χ0v) is 18.2. The number of halogens is 1. The topological polar surface area (TPSA) is 80.1 Å². The van der Waals surface area contributed by atoms with Gasteiger partial charge in [-0.2, -0.15) is 9.67 Å². The van der Waals surface area contributed by atoms with Crippen LogP contribution in [0.15, 0.2) is 53.0 Å². The minimum atomic E-state index is -0.630. The van der Waals surface area contributed by atoms with Gasteiger partial charge in [0.1, 0.15) is 0 Å². The highest BCUT2D eigenvalue weighted by molar-refractivity contribution is 9.10. The molecule has 0 saturated heterocycles. The predicted molar refractivity (Wildman–Crippen MR) is 118 cm³/mol. The number of benzene rings is 2. The highest BCUT2D eigenvalue weighted by Crippen LogP contribution is 2.45. The van der Waals surface area contributed by atoms with Crippen LogP contribution in [0, 0.1) is 0 Å². The maximum atomic E-state index is 13.2. The third-order valence-electron chi connectivity index (χ3n) is 5.72. The standard InChI is InChI=1S/C22H20BrN5O2/c1-22(2)18-15(23)9-6-10-16(18)27(20(22)30)12-14-11-17(29)28-21(24-14)25-19(26-28)13-7-4-3-5-8-13/h3-10,14H,11-12H2,1-2H3,(H,24,25,26). The number of hydrogen-bond acceptors (Lipinski definition) is 5. The number of carbonyl (C=O) groups is 2. The Morgan fingerprint density at radius 1 is 1.13 bits per heavy atom. The third kappa shape index (κ3) is 2.86. The minimum Gasteiger partial charge on any atom is -0.349 e. The van der Waals surface area contributed by atoms with Crippen LogP contribution in [0.4, 0.5) is 11.6 Å². The number of amides is 1. The van der Waals surface area contributed by atoms with Gasteiger partial charge in [-0.15, -0.1) is 5.10 Å². The zero-order chi connectivity index (χ0) is 21.0. The Morgan fingerprint density at radius 2 is 1.90 bits per heavy atom. The average molecular weight is 466 g/mol. The summed E-state index contributed by atoms with van der Waals surface area (Å²) in [5.41, 5.74) is 2.08. The van der Waals surface area contributed by atoms with Crippen LogP contribution >= 0.6 is 15.9 Å². The van der Waals surface area contributed by atoms with Crippen LogP contribution in [0.3, 0.4) is 0 Å². The molecule has 2 aliphatic heterocycles. The Bertz CT molecular complexity index is 1170. The third-order valence-corrected chi connectivity index (χ3v) is 6.38. The van der Waals surface area contributed by atoms with Gasteiger partial charge in [0.05, 0.1) is 17.9 Å². The van der Waals surface area contributed by atoms with Crippen molar-refractivity contribution in [3.05, 3.63) is 58.6 Å². The molecule has 0 bridgehead atoms. The molecular weight excluding hydrogens is 446 g/mol. The van der Waals surface area contributed by atoms with Gasteiger partial charge in [0, 0.05) is 27.8 Å². The fourth-order valence-electron chi connectivity index (χ4n) is 4.24. The Kier molecular flexibility index (Phi) is 4.28. The summed E-state index contributed by atoms with van der Waals surface area (Å²) in [6.45, 7) is 4.24. The first-order chi connectivity index (χ1) is 14.4. The summed E-state index contributed by atoms with van der Waals surface area (Å²) in [6, 6.07) is 15.1. The second-order valence-electron chi connectivity index (χ2n) is 8.15. The number of fused-ring (bicyclic) bond motifs is 2. The molecule has 152 valence electrons. The molecule has 0 radical (unpaired) electrons. The van der Waals surface area contributed by atoms with Crippen LogP contribution in [0.2, 0.25) is 0 Å². The summed E-state index contributed by atoms with van der Waals surface area (Å²) in [4.78, 5) is 32.2. The molecule has 1 aromatic heterocycles. The minimum absolute atomic E-state index is 0.0238. The quantitative estimate of drug-likeness (QED) is 0.635. The van der Waals surface area contributed by atoms with Crippen molar-refractivity contribution in [1.29, 1.82) is 0 Å². The summed E-state index contributed by atoms with van der Waals surface area (Å²) < 4.78 is 2.24. The van der Waals surface area contributed by atoms with E-state index in [9.17, 15) is 9.59 Å². The molecule has 1 N–H and O–H groups in total. The largest absolute Gasteiger partial charge is 0.349 e.